The minimum atomic E-state index is -0.974. The highest BCUT2D eigenvalue weighted by Gasteiger charge is 2.75. The average Bonchev–Trinajstić information content (AvgIpc) is 3.17. The molecule has 2 aromatic carbocycles. The van der Waals surface area contributed by atoms with Gasteiger partial charge in [-0.15, -0.1) is 0 Å². The molecule has 0 aromatic heterocycles. The summed E-state index contributed by atoms with van der Waals surface area (Å²) in [5.41, 5.74) is -0.891. The molecule has 1 saturated heterocycles. The van der Waals surface area contributed by atoms with Crippen LogP contribution in [0.5, 0.6) is 0 Å². The van der Waals surface area contributed by atoms with Crippen LogP contribution in [0.2, 0.25) is 0 Å². The molecule has 2 saturated carbocycles. The Bertz CT molecular complexity index is 1290. The zero-order valence-electron chi connectivity index (χ0n) is 23.8. The standard InChI is InChI=1S/C33H38O7/c1-21-18-26(38-30(36)24-14-10-7-11-15-24)29(37-22(2)34)32(5)27(19-25-20-33(21,32)40-31(25,3)4)39-28(35)17-16-23-12-8-6-9-13-23/h6-17,21,25-27,29H,18-20H2,1-5H3/b17-16+/t21-,25-,26+,27+,29+,32-,33+/m1/s1. The predicted molar refractivity (Wildman–Crippen MR) is 149 cm³/mol. The lowest BCUT2D eigenvalue weighted by Gasteiger charge is -2.61. The van der Waals surface area contributed by atoms with Crippen LogP contribution in [-0.4, -0.2) is 47.4 Å². The zero-order chi connectivity index (χ0) is 28.7. The van der Waals surface area contributed by atoms with E-state index in [9.17, 15) is 14.4 Å². The van der Waals surface area contributed by atoms with E-state index in [2.05, 4.69) is 20.8 Å². The summed E-state index contributed by atoms with van der Waals surface area (Å²) in [7, 11) is 0. The topological polar surface area (TPSA) is 88.1 Å². The molecule has 40 heavy (non-hydrogen) atoms. The second-order valence-electron chi connectivity index (χ2n) is 12.2. The Balaban J connectivity index is 1.52. The summed E-state index contributed by atoms with van der Waals surface area (Å²) in [6.45, 7) is 9.54. The van der Waals surface area contributed by atoms with E-state index in [1.807, 2.05) is 43.3 Å². The molecule has 1 spiro atoms. The van der Waals surface area contributed by atoms with Crippen LogP contribution < -0.4 is 0 Å². The van der Waals surface area contributed by atoms with Crippen LogP contribution in [0.15, 0.2) is 66.7 Å². The van der Waals surface area contributed by atoms with Crippen molar-refractivity contribution < 1.29 is 33.3 Å². The molecule has 7 atom stereocenters. The summed E-state index contributed by atoms with van der Waals surface area (Å²) in [6.07, 6.45) is 2.62. The quantitative estimate of drug-likeness (QED) is 0.258. The summed E-state index contributed by atoms with van der Waals surface area (Å²) < 4.78 is 25.2. The van der Waals surface area contributed by atoms with Crippen LogP contribution in [0, 0.1) is 17.3 Å². The van der Waals surface area contributed by atoms with Gasteiger partial charge in [0.1, 0.15) is 12.2 Å². The van der Waals surface area contributed by atoms with Gasteiger partial charge in [-0.05, 0) is 75.6 Å². The third kappa shape index (κ3) is 4.85. The Morgan fingerprint density at radius 1 is 0.900 bits per heavy atom. The largest absolute Gasteiger partial charge is 0.458 e. The van der Waals surface area contributed by atoms with Crippen molar-refractivity contribution in [2.75, 3.05) is 0 Å². The summed E-state index contributed by atoms with van der Waals surface area (Å²) >= 11 is 0. The molecular weight excluding hydrogens is 508 g/mol. The minimum Gasteiger partial charge on any atom is -0.458 e. The first-order chi connectivity index (χ1) is 19.0. The molecule has 1 aliphatic heterocycles. The van der Waals surface area contributed by atoms with E-state index in [-0.39, 0.29) is 11.8 Å². The van der Waals surface area contributed by atoms with Crippen molar-refractivity contribution in [2.24, 2.45) is 17.3 Å². The normalized spacial score (nSPS) is 34.1. The predicted octanol–water partition coefficient (Wildman–Crippen LogP) is 5.77. The van der Waals surface area contributed by atoms with Gasteiger partial charge in [0.15, 0.2) is 6.10 Å². The van der Waals surface area contributed by atoms with Crippen molar-refractivity contribution in [1.82, 2.24) is 0 Å². The lowest BCUT2D eigenvalue weighted by atomic mass is 9.49. The third-order valence-corrected chi connectivity index (χ3v) is 9.40. The van der Waals surface area contributed by atoms with Gasteiger partial charge in [-0.1, -0.05) is 55.5 Å². The molecular formula is C33H38O7. The van der Waals surface area contributed by atoms with E-state index in [1.165, 1.54) is 13.0 Å². The van der Waals surface area contributed by atoms with Crippen LogP contribution >= 0.6 is 0 Å². The first-order valence-electron chi connectivity index (χ1n) is 14.0. The Hall–Kier alpha value is -3.45. The first kappa shape index (κ1) is 28.1. The number of rotatable bonds is 6. The summed E-state index contributed by atoms with van der Waals surface area (Å²) in [4.78, 5) is 38.9. The highest BCUT2D eigenvalue weighted by atomic mass is 16.6. The second kappa shape index (κ2) is 10.5. The summed E-state index contributed by atoms with van der Waals surface area (Å²) in [6, 6.07) is 18.3. The molecule has 2 bridgehead atoms. The Labute approximate surface area is 235 Å². The third-order valence-electron chi connectivity index (χ3n) is 9.40. The molecule has 0 radical (unpaired) electrons. The first-order valence-corrected chi connectivity index (χ1v) is 14.0. The fourth-order valence-corrected chi connectivity index (χ4v) is 7.33. The van der Waals surface area contributed by atoms with Crippen LogP contribution in [0.1, 0.15) is 69.8 Å². The van der Waals surface area contributed by atoms with Gasteiger partial charge in [0.05, 0.1) is 22.2 Å². The smallest absolute Gasteiger partial charge is 0.338 e. The van der Waals surface area contributed by atoms with Gasteiger partial charge >= 0.3 is 17.9 Å². The number of benzene rings is 2. The molecule has 5 rings (SSSR count). The molecule has 3 aliphatic rings. The van der Waals surface area contributed by atoms with Gasteiger partial charge in [-0.3, -0.25) is 4.79 Å². The van der Waals surface area contributed by atoms with Gasteiger partial charge in [-0.2, -0.15) is 0 Å². The highest BCUT2D eigenvalue weighted by molar-refractivity contribution is 5.89. The van der Waals surface area contributed by atoms with Gasteiger partial charge in [0, 0.05) is 13.0 Å². The molecule has 7 heteroatoms. The van der Waals surface area contributed by atoms with Crippen LogP contribution in [0.25, 0.3) is 6.08 Å². The SMILES string of the molecule is CC(=O)O[C@H]1[C@@H](OC(=O)c2ccccc2)C[C@@H](C)[C@@]23C[C@@H](C[C@H](OC(=O)/C=C/c4ccccc4)[C@]12C)C(C)(C)O3. The maximum absolute atomic E-state index is 13.2. The lowest BCUT2D eigenvalue weighted by molar-refractivity contribution is -0.282. The van der Waals surface area contributed by atoms with Gasteiger partial charge in [-0.25, -0.2) is 9.59 Å². The van der Waals surface area contributed by atoms with Crippen LogP contribution in [0.4, 0.5) is 0 Å². The minimum absolute atomic E-state index is 0.0662. The van der Waals surface area contributed by atoms with Crippen molar-refractivity contribution in [2.45, 2.75) is 83.4 Å². The van der Waals surface area contributed by atoms with Crippen molar-refractivity contribution >= 4 is 24.0 Å². The van der Waals surface area contributed by atoms with E-state index in [0.717, 1.165) is 12.0 Å². The highest BCUT2D eigenvalue weighted by Crippen LogP contribution is 2.67. The second-order valence-corrected chi connectivity index (χ2v) is 12.2. The van der Waals surface area contributed by atoms with Gasteiger partial charge in [0.2, 0.25) is 0 Å². The molecule has 212 valence electrons. The van der Waals surface area contributed by atoms with E-state index in [1.54, 1.807) is 30.3 Å². The molecule has 7 nitrogen and oxygen atoms in total. The molecule has 1 heterocycles. The number of hydrogen-bond acceptors (Lipinski definition) is 7. The lowest BCUT2D eigenvalue weighted by Crippen LogP contribution is -2.71. The molecule has 2 aliphatic carbocycles. The number of fused-ring (bicyclic) bond motifs is 1. The Morgan fingerprint density at radius 2 is 1.55 bits per heavy atom. The molecule has 0 unspecified atom stereocenters. The zero-order valence-corrected chi connectivity index (χ0v) is 23.8. The van der Waals surface area contributed by atoms with Crippen molar-refractivity contribution in [3.8, 4) is 0 Å². The average molecular weight is 547 g/mol. The van der Waals surface area contributed by atoms with E-state index in [0.29, 0.717) is 18.4 Å². The number of hydrogen-bond donors (Lipinski definition) is 0. The summed E-state index contributed by atoms with van der Waals surface area (Å²) in [5.74, 6) is -1.40. The molecule has 2 aromatic rings. The molecule has 0 amide bonds. The van der Waals surface area contributed by atoms with Crippen molar-refractivity contribution in [3.05, 3.63) is 77.9 Å². The number of esters is 3. The van der Waals surface area contributed by atoms with E-state index < -0.39 is 52.8 Å². The number of carbonyl (C=O) groups is 3. The maximum Gasteiger partial charge on any atom is 0.338 e. The van der Waals surface area contributed by atoms with Gasteiger partial charge < -0.3 is 18.9 Å². The number of carbonyl (C=O) groups excluding carboxylic acids is 3. The molecule has 3 fully saturated rings. The van der Waals surface area contributed by atoms with Crippen LogP contribution in [-0.2, 0) is 28.5 Å². The van der Waals surface area contributed by atoms with E-state index in [4.69, 9.17) is 18.9 Å². The van der Waals surface area contributed by atoms with E-state index >= 15 is 0 Å². The molecule has 0 N–H and O–H groups in total. The Kier molecular flexibility index (Phi) is 7.38. The monoisotopic (exact) mass is 546 g/mol. The van der Waals surface area contributed by atoms with Crippen molar-refractivity contribution in [3.63, 3.8) is 0 Å². The van der Waals surface area contributed by atoms with Crippen LogP contribution in [0.3, 0.4) is 0 Å². The fraction of sp³-hybridized carbons (Fsp3) is 0.485. The van der Waals surface area contributed by atoms with Crippen molar-refractivity contribution in [1.29, 1.82) is 0 Å². The fourth-order valence-electron chi connectivity index (χ4n) is 7.33. The van der Waals surface area contributed by atoms with Gasteiger partial charge in [0.25, 0.3) is 0 Å². The summed E-state index contributed by atoms with van der Waals surface area (Å²) in [5, 5.41) is 0. The number of ether oxygens (including phenoxy) is 4. The maximum atomic E-state index is 13.2. The Morgan fingerprint density at radius 3 is 2.20 bits per heavy atom.